The Hall–Kier alpha value is -2.95. The molecule has 4 rings (SSSR count). The van der Waals surface area contributed by atoms with E-state index in [2.05, 4.69) is 10.3 Å². The number of rotatable bonds is 7. The number of aromatic nitrogens is 1. The maximum absolute atomic E-state index is 12.7. The van der Waals surface area contributed by atoms with Crippen LogP contribution in [0.2, 0.25) is 0 Å². The maximum Gasteiger partial charge on any atom is 0.275 e. The molecule has 2 aromatic carbocycles. The van der Waals surface area contributed by atoms with Crippen molar-refractivity contribution >= 4 is 33.0 Å². The largest absolute Gasteiger partial charge is 0.493 e. The van der Waals surface area contributed by atoms with E-state index in [0.29, 0.717) is 35.3 Å². The van der Waals surface area contributed by atoms with Gasteiger partial charge in [-0.2, -0.15) is 4.31 Å². The Labute approximate surface area is 190 Å². The van der Waals surface area contributed by atoms with Gasteiger partial charge in [-0.3, -0.25) is 4.79 Å². The predicted molar refractivity (Wildman–Crippen MR) is 123 cm³/mol. The minimum absolute atomic E-state index is 0.221. The van der Waals surface area contributed by atoms with Crippen LogP contribution in [0.3, 0.4) is 0 Å². The quantitative estimate of drug-likeness (QED) is 0.560. The standard InChI is InChI=1S/C22H23N3O5S2/c1-29-19-7-5-6-17(20(19)30-2)22-24-18(14-31-22)21(26)23-15-8-10-16(11-9-15)32(27,28)25-12-3-4-13-25/h5-11,14H,3-4,12-13H2,1-2H3,(H,23,26). The van der Waals surface area contributed by atoms with Gasteiger partial charge in [-0.25, -0.2) is 13.4 Å². The number of benzene rings is 2. The molecule has 1 aliphatic rings. The zero-order chi connectivity index (χ0) is 22.7. The molecule has 0 saturated carbocycles. The van der Waals surface area contributed by atoms with Crippen LogP contribution in [-0.4, -0.2) is 50.9 Å². The van der Waals surface area contributed by atoms with Crippen LogP contribution in [0.15, 0.2) is 52.7 Å². The normalized spacial score (nSPS) is 14.3. The summed E-state index contributed by atoms with van der Waals surface area (Å²) in [5, 5.41) is 5.05. The summed E-state index contributed by atoms with van der Waals surface area (Å²) in [6.07, 6.45) is 1.76. The molecular formula is C22H23N3O5S2. The Kier molecular flexibility index (Phi) is 6.45. The molecule has 1 saturated heterocycles. The Morgan fingerprint density at radius 1 is 1.06 bits per heavy atom. The highest BCUT2D eigenvalue weighted by molar-refractivity contribution is 7.89. The van der Waals surface area contributed by atoms with Gasteiger partial charge in [-0.1, -0.05) is 6.07 Å². The van der Waals surface area contributed by atoms with Crippen molar-refractivity contribution in [2.45, 2.75) is 17.7 Å². The van der Waals surface area contributed by atoms with Crippen molar-refractivity contribution in [2.75, 3.05) is 32.6 Å². The molecule has 0 spiro atoms. The summed E-state index contributed by atoms with van der Waals surface area (Å²) >= 11 is 1.32. The third-order valence-corrected chi connectivity index (χ3v) is 7.97. The molecule has 10 heteroatoms. The first-order chi connectivity index (χ1) is 15.4. The highest BCUT2D eigenvalue weighted by Gasteiger charge is 2.27. The van der Waals surface area contributed by atoms with E-state index in [1.807, 2.05) is 12.1 Å². The number of hydrogen-bond donors (Lipinski definition) is 1. The number of amides is 1. The van der Waals surface area contributed by atoms with Gasteiger partial charge in [-0.05, 0) is 49.2 Å². The van der Waals surface area contributed by atoms with Gasteiger partial charge in [0.05, 0.1) is 24.7 Å². The molecule has 3 aromatic rings. The zero-order valence-electron chi connectivity index (χ0n) is 17.7. The smallest absolute Gasteiger partial charge is 0.275 e. The number of nitrogens with one attached hydrogen (secondary N) is 1. The van der Waals surface area contributed by atoms with Gasteiger partial charge in [0.25, 0.3) is 5.91 Å². The van der Waals surface area contributed by atoms with Gasteiger partial charge in [0, 0.05) is 24.2 Å². The molecular weight excluding hydrogens is 450 g/mol. The van der Waals surface area contributed by atoms with Crippen molar-refractivity contribution in [1.29, 1.82) is 0 Å². The number of nitrogens with zero attached hydrogens (tertiary/aromatic N) is 2. The average molecular weight is 474 g/mol. The van der Waals surface area contributed by atoms with Gasteiger partial charge >= 0.3 is 0 Å². The number of hydrogen-bond acceptors (Lipinski definition) is 7. The van der Waals surface area contributed by atoms with Gasteiger partial charge in [0.2, 0.25) is 10.0 Å². The number of ether oxygens (including phenoxy) is 2. The molecule has 0 bridgehead atoms. The first-order valence-electron chi connectivity index (χ1n) is 10.0. The summed E-state index contributed by atoms with van der Waals surface area (Å²) in [7, 11) is -0.377. The van der Waals surface area contributed by atoms with Crippen molar-refractivity contribution in [3.8, 4) is 22.1 Å². The average Bonchev–Trinajstić information content (AvgIpc) is 3.51. The second-order valence-corrected chi connectivity index (χ2v) is 9.96. The van der Waals surface area contributed by atoms with E-state index in [1.165, 1.54) is 27.8 Å². The van der Waals surface area contributed by atoms with Crippen LogP contribution in [0.1, 0.15) is 23.3 Å². The van der Waals surface area contributed by atoms with E-state index in [-0.39, 0.29) is 16.5 Å². The van der Waals surface area contributed by atoms with Crippen molar-refractivity contribution in [2.24, 2.45) is 0 Å². The molecule has 1 aromatic heterocycles. The van der Waals surface area contributed by atoms with Crippen LogP contribution in [0.25, 0.3) is 10.6 Å². The van der Waals surface area contributed by atoms with Crippen molar-refractivity contribution in [1.82, 2.24) is 9.29 Å². The Bertz CT molecular complexity index is 1220. The van der Waals surface area contributed by atoms with Crippen LogP contribution < -0.4 is 14.8 Å². The van der Waals surface area contributed by atoms with E-state index in [1.54, 1.807) is 37.8 Å². The van der Waals surface area contributed by atoms with Crippen LogP contribution >= 0.6 is 11.3 Å². The summed E-state index contributed by atoms with van der Waals surface area (Å²) in [6.45, 7) is 1.09. The first kappa shape index (κ1) is 22.3. The van der Waals surface area contributed by atoms with E-state index >= 15 is 0 Å². The molecule has 0 atom stereocenters. The fourth-order valence-electron chi connectivity index (χ4n) is 3.54. The Balaban J connectivity index is 1.49. The van der Waals surface area contributed by atoms with E-state index in [4.69, 9.17) is 9.47 Å². The monoisotopic (exact) mass is 473 g/mol. The second-order valence-electron chi connectivity index (χ2n) is 7.17. The number of thiazole rings is 1. The number of anilines is 1. The van der Waals surface area contributed by atoms with Gasteiger partial charge < -0.3 is 14.8 Å². The molecule has 1 N–H and O–H groups in total. The van der Waals surface area contributed by atoms with Gasteiger partial charge in [0.1, 0.15) is 10.7 Å². The third-order valence-electron chi connectivity index (χ3n) is 5.19. The molecule has 1 amide bonds. The molecule has 8 nitrogen and oxygen atoms in total. The summed E-state index contributed by atoms with van der Waals surface area (Å²) in [5.74, 6) is 0.741. The lowest BCUT2D eigenvalue weighted by molar-refractivity contribution is 0.102. The number of sulfonamides is 1. The topological polar surface area (TPSA) is 97.8 Å². The number of carbonyl (C=O) groups excluding carboxylic acids is 1. The summed E-state index contributed by atoms with van der Waals surface area (Å²) in [4.78, 5) is 17.3. The number of para-hydroxylation sites is 1. The molecule has 0 radical (unpaired) electrons. The lowest BCUT2D eigenvalue weighted by atomic mass is 10.2. The number of methoxy groups -OCH3 is 2. The van der Waals surface area contributed by atoms with Crippen LogP contribution in [0.4, 0.5) is 5.69 Å². The molecule has 168 valence electrons. The first-order valence-corrected chi connectivity index (χ1v) is 12.3. The Morgan fingerprint density at radius 2 is 1.78 bits per heavy atom. The number of carbonyl (C=O) groups is 1. The molecule has 1 fully saturated rings. The van der Waals surface area contributed by atoms with E-state index in [0.717, 1.165) is 18.4 Å². The summed E-state index contributed by atoms with van der Waals surface area (Å²) < 4.78 is 37.5. The minimum Gasteiger partial charge on any atom is -0.493 e. The summed E-state index contributed by atoms with van der Waals surface area (Å²) in [6, 6.07) is 11.7. The zero-order valence-corrected chi connectivity index (χ0v) is 19.3. The highest BCUT2D eigenvalue weighted by Crippen LogP contribution is 2.39. The third kappa shape index (κ3) is 4.34. The van der Waals surface area contributed by atoms with Crippen LogP contribution in [0.5, 0.6) is 11.5 Å². The molecule has 1 aliphatic heterocycles. The van der Waals surface area contributed by atoms with Crippen molar-refractivity contribution in [3.63, 3.8) is 0 Å². The molecule has 32 heavy (non-hydrogen) atoms. The minimum atomic E-state index is -3.49. The van der Waals surface area contributed by atoms with Crippen LogP contribution in [0, 0.1) is 0 Å². The molecule has 2 heterocycles. The highest BCUT2D eigenvalue weighted by atomic mass is 32.2. The fourth-order valence-corrected chi connectivity index (χ4v) is 5.88. The lowest BCUT2D eigenvalue weighted by Gasteiger charge is -2.15. The van der Waals surface area contributed by atoms with Crippen molar-refractivity contribution in [3.05, 3.63) is 53.5 Å². The van der Waals surface area contributed by atoms with E-state index < -0.39 is 10.0 Å². The maximum atomic E-state index is 12.7. The lowest BCUT2D eigenvalue weighted by Crippen LogP contribution is -2.27. The van der Waals surface area contributed by atoms with E-state index in [9.17, 15) is 13.2 Å². The van der Waals surface area contributed by atoms with Gasteiger partial charge in [-0.15, -0.1) is 11.3 Å². The SMILES string of the molecule is COc1cccc(-c2nc(C(=O)Nc3ccc(S(=O)(=O)N4CCCC4)cc3)cs2)c1OC. The van der Waals surface area contributed by atoms with Crippen molar-refractivity contribution < 1.29 is 22.7 Å². The Morgan fingerprint density at radius 3 is 2.44 bits per heavy atom. The second kappa shape index (κ2) is 9.27. The molecule has 0 aliphatic carbocycles. The van der Waals surface area contributed by atoms with Crippen LogP contribution in [-0.2, 0) is 10.0 Å². The summed E-state index contributed by atoms with van der Waals surface area (Å²) in [5.41, 5.74) is 1.47. The predicted octanol–water partition coefficient (Wildman–Crippen LogP) is 3.86. The van der Waals surface area contributed by atoms with Gasteiger partial charge in [0.15, 0.2) is 11.5 Å². The fraction of sp³-hybridized carbons (Fsp3) is 0.273. The molecule has 0 unspecified atom stereocenters.